The lowest BCUT2D eigenvalue weighted by Crippen LogP contribution is -2.32. The van der Waals surface area contributed by atoms with Crippen LogP contribution in [0.3, 0.4) is 0 Å². The van der Waals surface area contributed by atoms with Crippen molar-refractivity contribution in [2.75, 3.05) is 19.6 Å². The van der Waals surface area contributed by atoms with Crippen LogP contribution in [0.1, 0.15) is 56.7 Å². The van der Waals surface area contributed by atoms with E-state index in [0.29, 0.717) is 11.8 Å². The minimum absolute atomic E-state index is 0.582. The minimum atomic E-state index is 0.582. The molecule has 0 unspecified atom stereocenters. The molecule has 0 amide bonds. The first-order valence-electron chi connectivity index (χ1n) is 6.89. The molecule has 0 atom stereocenters. The number of hydrogen-bond donors (Lipinski definition) is 0. The van der Waals surface area contributed by atoms with E-state index in [0.717, 1.165) is 0 Å². The van der Waals surface area contributed by atoms with Crippen molar-refractivity contribution in [1.82, 2.24) is 9.88 Å². The molecular formula is C15H24N2. The van der Waals surface area contributed by atoms with Gasteiger partial charge in [0.1, 0.15) is 0 Å². The first-order valence-corrected chi connectivity index (χ1v) is 6.89. The Morgan fingerprint density at radius 1 is 1.29 bits per heavy atom. The van der Waals surface area contributed by atoms with Crippen LogP contribution in [0.5, 0.6) is 0 Å². The Kier molecular flexibility index (Phi) is 4.16. The molecule has 2 rings (SSSR count). The number of likely N-dealkylation sites (tertiary alicyclic amines) is 1. The van der Waals surface area contributed by atoms with E-state index in [-0.39, 0.29) is 0 Å². The van der Waals surface area contributed by atoms with Gasteiger partial charge in [-0.05, 0) is 50.0 Å². The molecular weight excluding hydrogens is 208 g/mol. The van der Waals surface area contributed by atoms with Crippen molar-refractivity contribution in [1.29, 1.82) is 0 Å². The highest BCUT2D eigenvalue weighted by atomic mass is 15.1. The Morgan fingerprint density at radius 3 is 2.47 bits per heavy atom. The van der Waals surface area contributed by atoms with Gasteiger partial charge < -0.3 is 4.90 Å². The summed E-state index contributed by atoms with van der Waals surface area (Å²) in [5.41, 5.74) is 2.64. The van der Waals surface area contributed by atoms with E-state index in [1.165, 1.54) is 43.7 Å². The van der Waals surface area contributed by atoms with Gasteiger partial charge >= 0.3 is 0 Å². The van der Waals surface area contributed by atoms with Gasteiger partial charge in [-0.25, -0.2) is 0 Å². The second-order valence-electron chi connectivity index (χ2n) is 5.38. The van der Waals surface area contributed by atoms with Crippen molar-refractivity contribution in [2.24, 2.45) is 0 Å². The summed E-state index contributed by atoms with van der Waals surface area (Å²) in [7, 11) is 0. The Labute approximate surface area is 105 Å². The number of aromatic nitrogens is 1. The van der Waals surface area contributed by atoms with Crippen LogP contribution in [0, 0.1) is 0 Å². The van der Waals surface area contributed by atoms with Crippen LogP contribution < -0.4 is 0 Å². The maximum Gasteiger partial charge on any atom is 0.0435 e. The van der Waals surface area contributed by atoms with Crippen LogP contribution in [0.4, 0.5) is 0 Å². The summed E-state index contributed by atoms with van der Waals surface area (Å²) in [5.74, 6) is 1.26. The third kappa shape index (κ3) is 3.06. The summed E-state index contributed by atoms with van der Waals surface area (Å²) in [5, 5.41) is 0. The van der Waals surface area contributed by atoms with Crippen molar-refractivity contribution >= 4 is 0 Å². The smallest absolute Gasteiger partial charge is 0.0435 e. The third-order valence-corrected chi connectivity index (χ3v) is 3.93. The highest BCUT2D eigenvalue weighted by Crippen LogP contribution is 2.27. The molecule has 94 valence electrons. The predicted molar refractivity (Wildman–Crippen MR) is 72.4 cm³/mol. The lowest BCUT2D eigenvalue weighted by molar-refractivity contribution is 0.221. The predicted octanol–water partition coefficient (Wildman–Crippen LogP) is 3.40. The number of rotatable bonds is 3. The second-order valence-corrected chi connectivity index (χ2v) is 5.38. The van der Waals surface area contributed by atoms with Crippen molar-refractivity contribution in [3.05, 3.63) is 29.6 Å². The molecule has 1 aliphatic heterocycles. The fourth-order valence-corrected chi connectivity index (χ4v) is 2.54. The number of piperidine rings is 1. The summed E-state index contributed by atoms with van der Waals surface area (Å²) in [6, 6.07) is 4.49. The number of pyridine rings is 1. The van der Waals surface area contributed by atoms with Crippen molar-refractivity contribution < 1.29 is 0 Å². The van der Waals surface area contributed by atoms with Crippen LogP contribution in [-0.2, 0) is 0 Å². The molecule has 0 aliphatic carbocycles. The summed E-state index contributed by atoms with van der Waals surface area (Å²) < 4.78 is 0. The molecule has 0 spiro atoms. The molecule has 1 saturated heterocycles. The van der Waals surface area contributed by atoms with Gasteiger partial charge in [-0.2, -0.15) is 0 Å². The molecule has 0 radical (unpaired) electrons. The molecule has 1 fully saturated rings. The Morgan fingerprint density at radius 2 is 2.00 bits per heavy atom. The van der Waals surface area contributed by atoms with Gasteiger partial charge in [0.2, 0.25) is 0 Å². The fourth-order valence-electron chi connectivity index (χ4n) is 2.54. The first-order chi connectivity index (χ1) is 8.20. The van der Waals surface area contributed by atoms with Gasteiger partial charge in [0, 0.05) is 17.8 Å². The van der Waals surface area contributed by atoms with Crippen molar-refractivity contribution in [3.63, 3.8) is 0 Å². The van der Waals surface area contributed by atoms with Gasteiger partial charge in [0.05, 0.1) is 0 Å². The molecule has 2 nitrogen and oxygen atoms in total. The second kappa shape index (κ2) is 5.63. The van der Waals surface area contributed by atoms with Crippen LogP contribution in [0.25, 0.3) is 0 Å². The zero-order valence-corrected chi connectivity index (χ0v) is 11.3. The Bertz CT molecular complexity index is 334. The maximum absolute atomic E-state index is 4.66. The van der Waals surface area contributed by atoms with Gasteiger partial charge in [-0.3, -0.25) is 4.98 Å². The SMILES string of the molecule is CCN1CCC(c2ccc(C(C)C)cn2)CC1. The van der Waals surface area contributed by atoms with E-state index in [2.05, 4.69) is 49.0 Å². The van der Waals surface area contributed by atoms with Crippen molar-refractivity contribution in [2.45, 2.75) is 45.4 Å². The summed E-state index contributed by atoms with van der Waals surface area (Å²) >= 11 is 0. The van der Waals surface area contributed by atoms with Crippen LogP contribution in [0.2, 0.25) is 0 Å². The monoisotopic (exact) mass is 232 g/mol. The van der Waals surface area contributed by atoms with E-state index in [4.69, 9.17) is 0 Å². The third-order valence-electron chi connectivity index (χ3n) is 3.93. The standard InChI is InChI=1S/C15H24N2/c1-4-17-9-7-13(8-10-17)15-6-5-14(11-16-15)12(2)3/h5-6,11-13H,4,7-10H2,1-3H3. The molecule has 0 aromatic carbocycles. The largest absolute Gasteiger partial charge is 0.304 e. The zero-order valence-electron chi connectivity index (χ0n) is 11.3. The van der Waals surface area contributed by atoms with Gasteiger partial charge in [0.25, 0.3) is 0 Å². The summed E-state index contributed by atoms with van der Waals surface area (Å²) in [6.07, 6.45) is 4.59. The molecule has 1 aliphatic rings. The van der Waals surface area contributed by atoms with E-state index in [1.54, 1.807) is 0 Å². The van der Waals surface area contributed by atoms with Gasteiger partial charge in [-0.15, -0.1) is 0 Å². The molecule has 1 aromatic heterocycles. The molecule has 0 saturated carbocycles. The van der Waals surface area contributed by atoms with E-state index in [1.807, 2.05) is 0 Å². The molecule has 2 heterocycles. The van der Waals surface area contributed by atoms with Gasteiger partial charge in [0.15, 0.2) is 0 Å². The normalized spacial score (nSPS) is 18.8. The topological polar surface area (TPSA) is 16.1 Å². The molecule has 0 N–H and O–H groups in total. The number of hydrogen-bond acceptors (Lipinski definition) is 2. The van der Waals surface area contributed by atoms with Crippen LogP contribution in [-0.4, -0.2) is 29.5 Å². The zero-order chi connectivity index (χ0) is 12.3. The molecule has 17 heavy (non-hydrogen) atoms. The molecule has 1 aromatic rings. The first kappa shape index (κ1) is 12.6. The fraction of sp³-hybridized carbons (Fsp3) is 0.667. The Balaban J connectivity index is 1.99. The van der Waals surface area contributed by atoms with Crippen LogP contribution in [0.15, 0.2) is 18.3 Å². The number of nitrogens with zero attached hydrogens (tertiary/aromatic N) is 2. The van der Waals surface area contributed by atoms with Crippen LogP contribution >= 0.6 is 0 Å². The van der Waals surface area contributed by atoms with E-state index < -0.39 is 0 Å². The molecule has 2 heteroatoms. The van der Waals surface area contributed by atoms with E-state index >= 15 is 0 Å². The highest BCUT2D eigenvalue weighted by molar-refractivity contribution is 5.19. The minimum Gasteiger partial charge on any atom is -0.304 e. The Hall–Kier alpha value is -0.890. The maximum atomic E-state index is 4.66. The summed E-state index contributed by atoms with van der Waals surface area (Å²) in [4.78, 5) is 7.18. The van der Waals surface area contributed by atoms with Gasteiger partial charge in [-0.1, -0.05) is 26.8 Å². The quantitative estimate of drug-likeness (QED) is 0.794. The molecule has 0 bridgehead atoms. The lowest BCUT2D eigenvalue weighted by atomic mass is 9.92. The lowest BCUT2D eigenvalue weighted by Gasteiger charge is -2.30. The van der Waals surface area contributed by atoms with E-state index in [9.17, 15) is 0 Å². The highest BCUT2D eigenvalue weighted by Gasteiger charge is 2.20. The average molecular weight is 232 g/mol. The summed E-state index contributed by atoms with van der Waals surface area (Å²) in [6.45, 7) is 10.3. The van der Waals surface area contributed by atoms with Crippen molar-refractivity contribution in [3.8, 4) is 0 Å². The average Bonchev–Trinajstić information content (AvgIpc) is 2.39.